The first-order valence-electron chi connectivity index (χ1n) is 8.94. The minimum atomic E-state index is -3.66. The number of rotatable bonds is 6. The molecule has 8 nitrogen and oxygen atoms in total. The number of nitrogens with zero attached hydrogens (tertiary/aromatic N) is 3. The number of carbonyl (C=O) groups is 1. The molecule has 3 heterocycles. The summed E-state index contributed by atoms with van der Waals surface area (Å²) in [6.45, 7) is 4.91. The van der Waals surface area contributed by atoms with Crippen LogP contribution in [-0.4, -0.2) is 48.9 Å². The highest BCUT2D eigenvalue weighted by atomic mass is 32.2. The monoisotopic (exact) mass is 412 g/mol. The molecule has 2 aromatic heterocycles. The number of hydrogen-bond acceptors (Lipinski definition) is 7. The molecule has 1 N–H and O–H groups in total. The van der Waals surface area contributed by atoms with Crippen molar-refractivity contribution in [2.24, 2.45) is 5.92 Å². The van der Waals surface area contributed by atoms with Crippen molar-refractivity contribution in [3.63, 3.8) is 0 Å². The highest BCUT2D eigenvalue weighted by Crippen LogP contribution is 2.31. The van der Waals surface area contributed by atoms with Gasteiger partial charge in [-0.25, -0.2) is 8.42 Å². The fraction of sp³-hybridized carbons (Fsp3) is 0.588. The van der Waals surface area contributed by atoms with Gasteiger partial charge in [0, 0.05) is 31.9 Å². The van der Waals surface area contributed by atoms with Crippen LogP contribution < -0.4 is 5.32 Å². The molecule has 2 aromatic rings. The molecule has 1 aliphatic rings. The molecule has 1 fully saturated rings. The van der Waals surface area contributed by atoms with E-state index < -0.39 is 10.0 Å². The standard InChI is InChI=1S/C17H24N4O4S2/c1-11(2)7-15-19-17(25-20-15)12-5-4-6-21(9-12)27(23,24)13-8-14(26-10-13)16(22)18-3/h8,10-12H,4-7,9H2,1-3H3,(H,18,22). The predicted molar refractivity (Wildman–Crippen MR) is 101 cm³/mol. The molecule has 0 aromatic carbocycles. The second-order valence-electron chi connectivity index (χ2n) is 7.07. The van der Waals surface area contributed by atoms with Crippen LogP contribution in [0.5, 0.6) is 0 Å². The van der Waals surface area contributed by atoms with Crippen molar-refractivity contribution in [3.05, 3.63) is 28.0 Å². The van der Waals surface area contributed by atoms with Gasteiger partial charge in [-0.2, -0.15) is 9.29 Å². The summed E-state index contributed by atoms with van der Waals surface area (Å²) in [4.78, 5) is 16.7. The van der Waals surface area contributed by atoms with Crippen LogP contribution >= 0.6 is 11.3 Å². The van der Waals surface area contributed by atoms with Crippen LogP contribution in [0.25, 0.3) is 0 Å². The molecule has 0 saturated carbocycles. The molecule has 0 radical (unpaired) electrons. The van der Waals surface area contributed by atoms with Crippen molar-refractivity contribution >= 4 is 27.3 Å². The third kappa shape index (κ3) is 4.39. The lowest BCUT2D eigenvalue weighted by molar-refractivity contribution is 0.0967. The normalized spacial score (nSPS) is 18.7. The number of aromatic nitrogens is 2. The summed E-state index contributed by atoms with van der Waals surface area (Å²) in [5.41, 5.74) is 0. The molecule has 1 saturated heterocycles. The van der Waals surface area contributed by atoms with Gasteiger partial charge in [0.15, 0.2) is 5.82 Å². The number of carbonyl (C=O) groups excluding carboxylic acids is 1. The maximum absolute atomic E-state index is 13.0. The summed E-state index contributed by atoms with van der Waals surface area (Å²) in [7, 11) is -2.14. The van der Waals surface area contributed by atoms with E-state index >= 15 is 0 Å². The minimum absolute atomic E-state index is 0.112. The Kier molecular flexibility index (Phi) is 5.97. The van der Waals surface area contributed by atoms with Crippen molar-refractivity contribution in [3.8, 4) is 0 Å². The van der Waals surface area contributed by atoms with Crippen LogP contribution in [0, 0.1) is 5.92 Å². The summed E-state index contributed by atoms with van der Waals surface area (Å²) in [6.07, 6.45) is 2.26. The first-order valence-corrected chi connectivity index (χ1v) is 11.3. The van der Waals surface area contributed by atoms with Gasteiger partial charge in [0.25, 0.3) is 5.91 Å². The quantitative estimate of drug-likeness (QED) is 0.780. The van der Waals surface area contributed by atoms with Gasteiger partial charge in [0.1, 0.15) is 0 Å². The molecule has 1 unspecified atom stereocenters. The van der Waals surface area contributed by atoms with Crippen LogP contribution in [0.15, 0.2) is 20.9 Å². The van der Waals surface area contributed by atoms with E-state index in [-0.39, 0.29) is 16.7 Å². The van der Waals surface area contributed by atoms with E-state index in [1.165, 1.54) is 22.8 Å². The van der Waals surface area contributed by atoms with Gasteiger partial charge < -0.3 is 9.84 Å². The van der Waals surface area contributed by atoms with Crippen molar-refractivity contribution in [2.75, 3.05) is 20.1 Å². The summed E-state index contributed by atoms with van der Waals surface area (Å²) in [5.74, 6) is 1.18. The molecule has 0 aliphatic carbocycles. The van der Waals surface area contributed by atoms with Crippen molar-refractivity contribution in [2.45, 2.75) is 43.9 Å². The molecule has 0 bridgehead atoms. The van der Waals surface area contributed by atoms with Crippen LogP contribution in [0.1, 0.15) is 54.0 Å². The van der Waals surface area contributed by atoms with Crippen LogP contribution in [0.3, 0.4) is 0 Å². The Morgan fingerprint density at radius 2 is 2.26 bits per heavy atom. The lowest BCUT2D eigenvalue weighted by Crippen LogP contribution is -2.39. The zero-order valence-electron chi connectivity index (χ0n) is 15.6. The van der Waals surface area contributed by atoms with E-state index in [0.717, 1.165) is 30.6 Å². The Labute approximate surface area is 163 Å². The maximum Gasteiger partial charge on any atom is 0.261 e. The first kappa shape index (κ1) is 20.0. The Morgan fingerprint density at radius 3 is 2.96 bits per heavy atom. The van der Waals surface area contributed by atoms with E-state index in [9.17, 15) is 13.2 Å². The zero-order valence-corrected chi connectivity index (χ0v) is 17.3. The zero-order chi connectivity index (χ0) is 19.6. The van der Waals surface area contributed by atoms with E-state index in [1.54, 1.807) is 0 Å². The predicted octanol–water partition coefficient (Wildman–Crippen LogP) is 2.26. The van der Waals surface area contributed by atoms with Gasteiger partial charge in [0.2, 0.25) is 15.9 Å². The molecule has 3 rings (SSSR count). The highest BCUT2D eigenvalue weighted by Gasteiger charge is 2.34. The molecule has 27 heavy (non-hydrogen) atoms. The fourth-order valence-corrected chi connectivity index (χ4v) is 5.82. The van der Waals surface area contributed by atoms with Crippen LogP contribution in [-0.2, 0) is 16.4 Å². The number of piperidine rings is 1. The topological polar surface area (TPSA) is 105 Å². The molecular formula is C17H24N4O4S2. The number of sulfonamides is 1. The lowest BCUT2D eigenvalue weighted by Gasteiger charge is -2.29. The Bertz CT molecular complexity index is 904. The minimum Gasteiger partial charge on any atom is -0.354 e. The van der Waals surface area contributed by atoms with Crippen molar-refractivity contribution in [1.29, 1.82) is 0 Å². The Hall–Kier alpha value is -1.78. The molecule has 10 heteroatoms. The number of amides is 1. The van der Waals surface area contributed by atoms with E-state index in [0.29, 0.717) is 35.6 Å². The van der Waals surface area contributed by atoms with E-state index in [4.69, 9.17) is 4.52 Å². The molecule has 1 atom stereocenters. The molecule has 148 valence electrons. The summed E-state index contributed by atoms with van der Waals surface area (Å²) >= 11 is 1.12. The van der Waals surface area contributed by atoms with Gasteiger partial charge in [-0.05, 0) is 24.8 Å². The van der Waals surface area contributed by atoms with Gasteiger partial charge in [-0.15, -0.1) is 11.3 Å². The smallest absolute Gasteiger partial charge is 0.261 e. The average molecular weight is 413 g/mol. The maximum atomic E-state index is 13.0. The van der Waals surface area contributed by atoms with Gasteiger partial charge in [-0.3, -0.25) is 4.79 Å². The van der Waals surface area contributed by atoms with E-state index in [2.05, 4.69) is 29.3 Å². The average Bonchev–Trinajstić information content (AvgIpc) is 3.30. The highest BCUT2D eigenvalue weighted by molar-refractivity contribution is 7.89. The summed E-state index contributed by atoms with van der Waals surface area (Å²) < 4.78 is 32.8. The number of nitrogens with one attached hydrogen (secondary N) is 1. The van der Waals surface area contributed by atoms with Crippen molar-refractivity contribution in [1.82, 2.24) is 19.8 Å². The number of thiophene rings is 1. The number of hydrogen-bond donors (Lipinski definition) is 1. The SMILES string of the molecule is CNC(=O)c1cc(S(=O)(=O)N2CCCC(c3nc(CC(C)C)no3)C2)cs1. The third-order valence-corrected chi connectivity index (χ3v) is 7.39. The summed E-state index contributed by atoms with van der Waals surface area (Å²) in [5, 5.41) is 8.03. The molecule has 1 aliphatic heterocycles. The van der Waals surface area contributed by atoms with Gasteiger partial charge in [-0.1, -0.05) is 19.0 Å². The molecule has 0 spiro atoms. The Balaban J connectivity index is 1.76. The van der Waals surface area contributed by atoms with E-state index in [1.807, 2.05) is 0 Å². The third-order valence-electron chi connectivity index (χ3n) is 4.47. The van der Waals surface area contributed by atoms with Crippen LogP contribution in [0.2, 0.25) is 0 Å². The van der Waals surface area contributed by atoms with Crippen molar-refractivity contribution < 1.29 is 17.7 Å². The van der Waals surface area contributed by atoms with Gasteiger partial charge >= 0.3 is 0 Å². The second-order valence-corrected chi connectivity index (χ2v) is 9.92. The first-order chi connectivity index (χ1) is 12.8. The van der Waals surface area contributed by atoms with Crippen LogP contribution in [0.4, 0.5) is 0 Å². The second kappa shape index (κ2) is 8.07. The Morgan fingerprint density at radius 1 is 1.48 bits per heavy atom. The summed E-state index contributed by atoms with van der Waals surface area (Å²) in [6, 6.07) is 1.43. The molecular weight excluding hydrogens is 388 g/mol. The van der Waals surface area contributed by atoms with Gasteiger partial charge in [0.05, 0.1) is 15.7 Å². The lowest BCUT2D eigenvalue weighted by atomic mass is 10.00. The molecule has 1 amide bonds. The largest absolute Gasteiger partial charge is 0.354 e. The fourth-order valence-electron chi connectivity index (χ4n) is 3.09.